The summed E-state index contributed by atoms with van der Waals surface area (Å²) >= 11 is 0. The maximum absolute atomic E-state index is 6.23. The molecule has 0 spiro atoms. The highest BCUT2D eigenvalue weighted by Crippen LogP contribution is 2.34. The number of unbranched alkanes of at least 4 members (excludes halogenated alkanes) is 2. The van der Waals surface area contributed by atoms with E-state index in [9.17, 15) is 0 Å². The number of fused-ring (bicyclic) bond motifs is 1. The molecule has 18 heavy (non-hydrogen) atoms. The molecular weight excluding hydrogens is 220 g/mol. The van der Waals surface area contributed by atoms with Gasteiger partial charge in [0.25, 0.3) is 0 Å². The van der Waals surface area contributed by atoms with Crippen molar-refractivity contribution in [3.63, 3.8) is 0 Å². The van der Waals surface area contributed by atoms with Crippen molar-refractivity contribution >= 4 is 0 Å². The summed E-state index contributed by atoms with van der Waals surface area (Å²) in [6, 6.07) is 8.76. The molecule has 2 rings (SSSR count). The highest BCUT2D eigenvalue weighted by molar-refractivity contribution is 5.38. The van der Waals surface area contributed by atoms with Crippen LogP contribution in [0.3, 0.4) is 0 Å². The average molecular weight is 245 g/mol. The van der Waals surface area contributed by atoms with E-state index in [1.54, 1.807) is 0 Å². The lowest BCUT2D eigenvalue weighted by atomic mass is 9.90. The molecule has 1 aromatic carbocycles. The fourth-order valence-electron chi connectivity index (χ4n) is 2.65. The third kappa shape index (κ3) is 3.35. The van der Waals surface area contributed by atoms with Gasteiger partial charge in [-0.1, -0.05) is 63.8 Å². The number of benzene rings is 1. The molecule has 1 heterocycles. The van der Waals surface area contributed by atoms with Gasteiger partial charge in [0.1, 0.15) is 6.10 Å². The number of rotatable bonds is 6. The van der Waals surface area contributed by atoms with E-state index in [1.807, 2.05) is 0 Å². The predicted octanol–water partition coefficient (Wildman–Crippen LogP) is 4.89. The number of ether oxygens (including phenoxy) is 1. The smallest absolute Gasteiger partial charge is 0.127 e. The minimum atomic E-state index is 0.409. The first kappa shape index (κ1) is 13.6. The minimum Gasteiger partial charge on any atom is -0.363 e. The van der Waals surface area contributed by atoms with Crippen LogP contribution in [-0.4, -0.2) is 6.10 Å². The lowest BCUT2D eigenvalue weighted by Gasteiger charge is -2.31. The SMILES string of the molecule is CCCC[C]1OC(CCCC)Cc2ccccc21. The van der Waals surface area contributed by atoms with Crippen LogP contribution in [0.4, 0.5) is 0 Å². The maximum atomic E-state index is 6.23. The molecule has 0 bridgehead atoms. The van der Waals surface area contributed by atoms with Crippen LogP contribution in [0.5, 0.6) is 0 Å². The van der Waals surface area contributed by atoms with Crippen molar-refractivity contribution in [2.24, 2.45) is 0 Å². The molecule has 0 amide bonds. The second-order valence-corrected chi connectivity index (χ2v) is 5.27. The molecule has 1 radical (unpaired) electrons. The molecule has 0 aliphatic carbocycles. The van der Waals surface area contributed by atoms with Crippen molar-refractivity contribution in [1.29, 1.82) is 0 Å². The van der Waals surface area contributed by atoms with Gasteiger partial charge in [0.05, 0.1) is 6.10 Å². The summed E-state index contributed by atoms with van der Waals surface area (Å²) in [5.41, 5.74) is 2.84. The molecule has 1 atom stereocenters. The molecule has 1 nitrogen and oxygen atoms in total. The van der Waals surface area contributed by atoms with Crippen molar-refractivity contribution in [2.75, 3.05) is 0 Å². The summed E-state index contributed by atoms with van der Waals surface area (Å²) in [5.74, 6) is 0. The molecule has 1 aromatic rings. The van der Waals surface area contributed by atoms with Crippen LogP contribution in [0.1, 0.15) is 63.5 Å². The molecule has 0 saturated carbocycles. The van der Waals surface area contributed by atoms with Gasteiger partial charge in [-0.15, -0.1) is 0 Å². The Morgan fingerprint density at radius 2 is 1.89 bits per heavy atom. The molecule has 1 aliphatic rings. The molecule has 0 aromatic heterocycles. The lowest BCUT2D eigenvalue weighted by Crippen LogP contribution is -2.26. The van der Waals surface area contributed by atoms with Crippen molar-refractivity contribution in [3.8, 4) is 0 Å². The van der Waals surface area contributed by atoms with Gasteiger partial charge in [-0.3, -0.25) is 0 Å². The van der Waals surface area contributed by atoms with Crippen LogP contribution in [-0.2, 0) is 11.2 Å². The Balaban J connectivity index is 2.08. The molecule has 0 fully saturated rings. The normalized spacial score (nSPS) is 19.8. The van der Waals surface area contributed by atoms with Crippen LogP contribution in [0, 0.1) is 6.10 Å². The third-order valence-corrected chi connectivity index (χ3v) is 3.71. The van der Waals surface area contributed by atoms with Crippen LogP contribution < -0.4 is 0 Å². The van der Waals surface area contributed by atoms with E-state index >= 15 is 0 Å². The van der Waals surface area contributed by atoms with Gasteiger partial charge in [-0.05, 0) is 30.4 Å². The van der Waals surface area contributed by atoms with E-state index in [0.29, 0.717) is 6.10 Å². The first-order chi connectivity index (χ1) is 8.85. The van der Waals surface area contributed by atoms with Gasteiger partial charge in [0, 0.05) is 0 Å². The summed E-state index contributed by atoms with van der Waals surface area (Å²) in [6.45, 7) is 4.49. The summed E-state index contributed by atoms with van der Waals surface area (Å²) in [4.78, 5) is 0. The quantitative estimate of drug-likeness (QED) is 0.693. The van der Waals surface area contributed by atoms with Gasteiger partial charge in [-0.25, -0.2) is 0 Å². The van der Waals surface area contributed by atoms with Crippen molar-refractivity contribution in [2.45, 2.75) is 64.9 Å². The van der Waals surface area contributed by atoms with E-state index in [0.717, 1.165) is 12.8 Å². The maximum Gasteiger partial charge on any atom is 0.127 e. The average Bonchev–Trinajstić information content (AvgIpc) is 2.42. The third-order valence-electron chi connectivity index (χ3n) is 3.71. The molecule has 0 saturated heterocycles. The predicted molar refractivity (Wildman–Crippen MR) is 76.4 cm³/mol. The fourth-order valence-corrected chi connectivity index (χ4v) is 2.65. The van der Waals surface area contributed by atoms with Crippen LogP contribution in [0.15, 0.2) is 24.3 Å². The zero-order valence-corrected chi connectivity index (χ0v) is 11.7. The summed E-state index contributed by atoms with van der Waals surface area (Å²) in [7, 11) is 0. The summed E-state index contributed by atoms with van der Waals surface area (Å²) in [5, 5.41) is 0. The molecule has 99 valence electrons. The molecular formula is C17H25O. The van der Waals surface area contributed by atoms with E-state index in [2.05, 4.69) is 38.1 Å². The van der Waals surface area contributed by atoms with Gasteiger partial charge in [0.15, 0.2) is 0 Å². The van der Waals surface area contributed by atoms with E-state index in [4.69, 9.17) is 4.74 Å². The van der Waals surface area contributed by atoms with E-state index < -0.39 is 0 Å². The van der Waals surface area contributed by atoms with Crippen LogP contribution in [0.25, 0.3) is 0 Å². The second-order valence-electron chi connectivity index (χ2n) is 5.27. The van der Waals surface area contributed by atoms with Gasteiger partial charge in [0.2, 0.25) is 0 Å². The largest absolute Gasteiger partial charge is 0.363 e. The van der Waals surface area contributed by atoms with Gasteiger partial charge in [-0.2, -0.15) is 0 Å². The Kier molecular flexibility index (Phi) is 5.25. The van der Waals surface area contributed by atoms with Gasteiger partial charge < -0.3 is 4.74 Å². The second kappa shape index (κ2) is 6.94. The summed E-state index contributed by atoms with van der Waals surface area (Å²) in [6.07, 6.45) is 10.0. The monoisotopic (exact) mass is 245 g/mol. The first-order valence-corrected chi connectivity index (χ1v) is 7.45. The zero-order chi connectivity index (χ0) is 12.8. The Hall–Kier alpha value is -0.820. The van der Waals surface area contributed by atoms with Crippen molar-refractivity contribution in [3.05, 3.63) is 41.5 Å². The fraction of sp³-hybridized carbons (Fsp3) is 0.588. The molecule has 1 aliphatic heterocycles. The Bertz CT molecular complexity index is 358. The Labute approximate surface area is 112 Å². The highest BCUT2D eigenvalue weighted by Gasteiger charge is 2.27. The van der Waals surface area contributed by atoms with Crippen LogP contribution in [0.2, 0.25) is 0 Å². The number of hydrogen-bond acceptors (Lipinski definition) is 1. The van der Waals surface area contributed by atoms with Gasteiger partial charge >= 0.3 is 0 Å². The number of hydrogen-bond donors (Lipinski definition) is 0. The highest BCUT2D eigenvalue weighted by atomic mass is 16.5. The molecule has 0 N–H and O–H groups in total. The lowest BCUT2D eigenvalue weighted by molar-refractivity contribution is 0.0497. The van der Waals surface area contributed by atoms with Crippen molar-refractivity contribution in [1.82, 2.24) is 0 Å². The minimum absolute atomic E-state index is 0.409. The van der Waals surface area contributed by atoms with E-state index in [-0.39, 0.29) is 0 Å². The Morgan fingerprint density at radius 1 is 1.11 bits per heavy atom. The molecule has 1 unspecified atom stereocenters. The summed E-state index contributed by atoms with van der Waals surface area (Å²) < 4.78 is 6.23. The van der Waals surface area contributed by atoms with E-state index in [1.165, 1.54) is 49.3 Å². The zero-order valence-electron chi connectivity index (χ0n) is 11.7. The first-order valence-electron chi connectivity index (χ1n) is 7.45. The topological polar surface area (TPSA) is 9.23 Å². The van der Waals surface area contributed by atoms with Crippen molar-refractivity contribution < 1.29 is 4.74 Å². The standard InChI is InChI=1S/C17H25O/c1-3-5-10-15-13-14-9-7-8-11-16(14)17(18-15)12-6-4-2/h7-9,11,15H,3-6,10,12-13H2,1-2H3. The van der Waals surface area contributed by atoms with Crippen LogP contribution >= 0.6 is 0 Å². The Morgan fingerprint density at radius 3 is 2.67 bits per heavy atom. The molecule has 1 heteroatoms.